The molecule has 0 bridgehead atoms. The van der Waals surface area contributed by atoms with Crippen LogP contribution in [0.5, 0.6) is 0 Å². The molecule has 0 unspecified atom stereocenters. The highest BCUT2D eigenvalue weighted by Crippen LogP contribution is 2.34. The Labute approximate surface area is 451 Å². The van der Waals surface area contributed by atoms with E-state index in [2.05, 4.69) is 41.6 Å². The van der Waals surface area contributed by atoms with Gasteiger partial charge >= 0.3 is 12.2 Å². The summed E-state index contributed by atoms with van der Waals surface area (Å²) in [4.78, 5) is 99.5. The first-order valence-electron chi connectivity index (χ1n) is 25.7. The monoisotopic (exact) mass is 1070 g/mol. The average molecular weight is 1070 g/mol. The second-order valence-corrected chi connectivity index (χ2v) is 19.4. The fraction of sp³-hybridized carbons (Fsp3) is 0.357. The number of aromatic nitrogens is 1. The molecular formula is C56H69N13O9. The van der Waals surface area contributed by atoms with E-state index in [1.54, 1.807) is 36.4 Å². The molecule has 0 saturated carbocycles. The van der Waals surface area contributed by atoms with Gasteiger partial charge in [0, 0.05) is 36.0 Å². The molecule has 0 aromatic heterocycles. The van der Waals surface area contributed by atoms with Crippen LogP contribution in [-0.2, 0) is 41.9 Å². The lowest BCUT2D eigenvalue weighted by molar-refractivity contribution is -0.129. The first kappa shape index (κ1) is 58.2. The summed E-state index contributed by atoms with van der Waals surface area (Å²) < 4.78 is 17.3. The molecule has 4 aromatic carbocycles. The van der Waals surface area contributed by atoms with Crippen LogP contribution in [0, 0.1) is 11.8 Å². The maximum absolute atomic E-state index is 14.4. The van der Waals surface area contributed by atoms with Crippen molar-refractivity contribution in [1.82, 2.24) is 26.3 Å². The molecule has 1 aliphatic carbocycles. The van der Waals surface area contributed by atoms with E-state index in [9.17, 15) is 28.8 Å². The van der Waals surface area contributed by atoms with Gasteiger partial charge in [0.05, 0.1) is 11.0 Å². The Kier molecular flexibility index (Phi) is 21.4. The number of nitrogens with zero attached hydrogens (tertiary/aromatic N) is 4. The molecule has 1 heterocycles. The lowest BCUT2D eigenvalue weighted by Gasteiger charge is -2.24. The van der Waals surface area contributed by atoms with Crippen molar-refractivity contribution in [3.05, 3.63) is 126 Å². The van der Waals surface area contributed by atoms with Gasteiger partial charge in [-0.15, -0.1) is 0 Å². The highest BCUT2D eigenvalue weighted by Gasteiger charge is 2.30. The van der Waals surface area contributed by atoms with Gasteiger partial charge in [-0.1, -0.05) is 113 Å². The SMILES string of the molecule is CC(C)C[C@H](NC(=O)OCc1ccccc1)C(=O)N[C@@H](CCCN=C(N)N)C(=O)N=c1ccc2nc3c(cc(NC(=O)[C@@H](CCCN=C(N)N)NC(=O)[C@@H](CC(C)C)NC(=O)OCc4ccccc4)c4ccccc43)oc-2c1. The van der Waals surface area contributed by atoms with Crippen LogP contribution in [0.2, 0.25) is 0 Å². The summed E-state index contributed by atoms with van der Waals surface area (Å²) in [7, 11) is 0. The molecule has 22 nitrogen and oxygen atoms in total. The lowest BCUT2D eigenvalue weighted by atomic mass is 10.0. The fourth-order valence-corrected chi connectivity index (χ4v) is 8.34. The van der Waals surface area contributed by atoms with Gasteiger partial charge in [0.2, 0.25) is 17.7 Å². The zero-order chi connectivity index (χ0) is 56.1. The number of hydrogen-bond donors (Lipinski definition) is 9. The summed E-state index contributed by atoms with van der Waals surface area (Å²) in [6.07, 6.45) is -0.267. The lowest BCUT2D eigenvalue weighted by Crippen LogP contribution is -2.53. The van der Waals surface area contributed by atoms with E-state index in [1.807, 2.05) is 94.4 Å². The van der Waals surface area contributed by atoms with Crippen molar-refractivity contribution in [2.75, 3.05) is 18.4 Å². The predicted octanol–water partition coefficient (Wildman–Crippen LogP) is 5.21. The van der Waals surface area contributed by atoms with E-state index < -0.39 is 60.0 Å². The summed E-state index contributed by atoms with van der Waals surface area (Å²) in [5.74, 6) is -2.54. The molecule has 2 aliphatic rings. The number of amides is 6. The Morgan fingerprint density at radius 1 is 0.577 bits per heavy atom. The number of benzene rings is 5. The molecule has 22 heteroatoms. The first-order valence-corrected chi connectivity index (χ1v) is 25.7. The molecular weight excluding hydrogens is 999 g/mol. The third kappa shape index (κ3) is 18.1. The topological polar surface area (TPSA) is 348 Å². The number of rotatable bonds is 25. The first-order chi connectivity index (χ1) is 37.4. The Morgan fingerprint density at radius 2 is 1.08 bits per heavy atom. The van der Waals surface area contributed by atoms with E-state index in [1.165, 1.54) is 6.07 Å². The summed E-state index contributed by atoms with van der Waals surface area (Å²) in [6.45, 7) is 7.92. The second-order valence-electron chi connectivity index (χ2n) is 19.4. The van der Waals surface area contributed by atoms with E-state index >= 15 is 0 Å². The van der Waals surface area contributed by atoms with Crippen LogP contribution in [0.15, 0.2) is 129 Å². The van der Waals surface area contributed by atoms with Crippen LogP contribution in [0.1, 0.15) is 77.3 Å². The number of anilines is 1. The summed E-state index contributed by atoms with van der Waals surface area (Å²) in [6, 6.07) is 27.5. The minimum atomic E-state index is -1.15. The van der Waals surface area contributed by atoms with Crippen LogP contribution < -0.4 is 54.9 Å². The number of nitrogens with two attached hydrogens (primary N) is 4. The summed E-state index contributed by atoms with van der Waals surface area (Å²) in [5, 5.41) is 15.4. The van der Waals surface area contributed by atoms with Crippen molar-refractivity contribution in [1.29, 1.82) is 0 Å². The molecule has 13 N–H and O–H groups in total. The molecule has 6 rings (SSSR count). The van der Waals surface area contributed by atoms with E-state index in [0.717, 1.165) is 11.1 Å². The van der Waals surface area contributed by atoms with Gasteiger partial charge in [0.15, 0.2) is 23.3 Å². The van der Waals surface area contributed by atoms with E-state index in [-0.39, 0.29) is 92.4 Å². The van der Waals surface area contributed by atoms with E-state index in [4.69, 9.17) is 41.8 Å². The van der Waals surface area contributed by atoms with Gasteiger partial charge in [-0.05, 0) is 73.6 Å². The molecule has 0 radical (unpaired) electrons. The zero-order valence-corrected chi connectivity index (χ0v) is 44.2. The minimum Gasteiger partial charge on any atom is -0.453 e. The van der Waals surface area contributed by atoms with Crippen LogP contribution in [0.3, 0.4) is 0 Å². The summed E-state index contributed by atoms with van der Waals surface area (Å²) in [5.41, 5.74) is 25.3. The Morgan fingerprint density at radius 3 is 1.60 bits per heavy atom. The van der Waals surface area contributed by atoms with Gasteiger partial charge in [-0.3, -0.25) is 29.2 Å². The van der Waals surface area contributed by atoms with Crippen molar-refractivity contribution in [3.63, 3.8) is 0 Å². The van der Waals surface area contributed by atoms with Gasteiger partial charge in [0.25, 0.3) is 5.91 Å². The molecule has 0 spiro atoms. The smallest absolute Gasteiger partial charge is 0.408 e. The maximum atomic E-state index is 14.4. The van der Waals surface area contributed by atoms with Crippen molar-refractivity contribution in [2.45, 2.75) is 104 Å². The minimum absolute atomic E-state index is 0.00616. The number of ether oxygens (including phenoxy) is 2. The number of hydrogen-bond acceptors (Lipinski definition) is 12. The molecule has 4 atom stereocenters. The standard InChI is InChI=1S/C56H69N13O9/c1-33(2)27-44(68-55(74)76-31-35-15-7-5-8-16-35)51(72)65-41(21-13-25-61-53(57)58)49(70)63-37-23-24-40-46(29-37)78-47-30-43(38-19-11-12-20-39(38)48(47)64-40)67-50(71)42(22-14-26-62-54(59)60)66-52(73)45(28-34(3)4)69-56(75)77-32-36-17-9-6-10-18-36/h5-12,15-20,23-24,29-30,33-34,41-42,44-45H,13-14,21-22,25-28,31-32H2,1-4H3,(H,65,72)(H,66,73)(H,67,71)(H,68,74)(H,69,75)(H4,57,58,61)(H4,59,60,62)/t41-,42+,44-,45+/m0/s1. The fourth-order valence-electron chi connectivity index (χ4n) is 8.34. The Bertz CT molecular complexity index is 3120. The normalized spacial score (nSPS) is 13.0. The number of alkyl carbamates (subject to hydrolysis) is 2. The number of fused-ring (bicyclic) bond motifs is 4. The molecule has 1 aliphatic heterocycles. The zero-order valence-electron chi connectivity index (χ0n) is 44.2. The molecule has 78 heavy (non-hydrogen) atoms. The van der Waals surface area contributed by atoms with Crippen LogP contribution in [-0.4, -0.2) is 90.0 Å². The molecule has 4 aromatic rings. The Balaban J connectivity index is 1.26. The summed E-state index contributed by atoms with van der Waals surface area (Å²) >= 11 is 0. The third-order valence-corrected chi connectivity index (χ3v) is 12.1. The van der Waals surface area contributed by atoms with Gasteiger partial charge in [0.1, 0.15) is 48.6 Å². The van der Waals surface area contributed by atoms with Crippen molar-refractivity contribution >= 4 is 75.3 Å². The number of aliphatic imine (C=N–C) groups is 2. The highest BCUT2D eigenvalue weighted by molar-refractivity contribution is 6.13. The molecule has 0 fully saturated rings. The number of carbonyl (C=O) groups is 6. The number of nitrogens with one attached hydrogen (secondary N) is 5. The van der Waals surface area contributed by atoms with Crippen LogP contribution >= 0.6 is 0 Å². The molecule has 0 saturated heterocycles. The number of carbonyl (C=O) groups excluding carboxylic acids is 6. The van der Waals surface area contributed by atoms with Gasteiger partial charge in [-0.2, -0.15) is 0 Å². The van der Waals surface area contributed by atoms with Gasteiger partial charge in [-0.25, -0.2) is 19.6 Å². The second kappa shape index (κ2) is 28.7. The van der Waals surface area contributed by atoms with E-state index in [0.29, 0.717) is 40.5 Å². The van der Waals surface area contributed by atoms with Crippen molar-refractivity contribution in [2.24, 2.45) is 49.7 Å². The van der Waals surface area contributed by atoms with Crippen LogP contribution in [0.4, 0.5) is 15.3 Å². The molecule has 412 valence electrons. The molecule has 6 amide bonds. The Hall–Kier alpha value is -9.08. The maximum Gasteiger partial charge on any atom is 0.408 e. The van der Waals surface area contributed by atoms with Crippen molar-refractivity contribution < 1.29 is 42.7 Å². The van der Waals surface area contributed by atoms with Gasteiger partial charge < -0.3 is 63.4 Å². The number of guanidine groups is 2. The van der Waals surface area contributed by atoms with Crippen LogP contribution in [0.25, 0.3) is 33.3 Å². The predicted molar refractivity (Wildman–Crippen MR) is 297 cm³/mol. The largest absolute Gasteiger partial charge is 0.453 e. The third-order valence-electron chi connectivity index (χ3n) is 12.1. The van der Waals surface area contributed by atoms with Crippen molar-refractivity contribution in [3.8, 4) is 11.5 Å². The average Bonchev–Trinajstić information content (AvgIpc) is 3.52. The highest BCUT2D eigenvalue weighted by atomic mass is 16.6. The quantitative estimate of drug-likeness (QED) is 0.0117.